The molecule has 0 aliphatic rings. The molecule has 7 heteroatoms. The molecule has 0 atom stereocenters. The normalized spacial score (nSPS) is 12.6. The van der Waals surface area contributed by atoms with E-state index in [1.54, 1.807) is 0 Å². The topological polar surface area (TPSA) is 43.1 Å². The highest BCUT2D eigenvalue weighted by molar-refractivity contribution is 9.10. The van der Waals surface area contributed by atoms with E-state index in [-0.39, 0.29) is 11.8 Å². The summed E-state index contributed by atoms with van der Waals surface area (Å²) in [5.74, 6) is 0. The van der Waals surface area contributed by atoms with Gasteiger partial charge in [-0.1, -0.05) is 28.1 Å². The molecule has 0 fully saturated rings. The van der Waals surface area contributed by atoms with Crippen LogP contribution in [0.3, 0.4) is 0 Å². The van der Waals surface area contributed by atoms with Gasteiger partial charge in [0.2, 0.25) is 6.20 Å². The van der Waals surface area contributed by atoms with Gasteiger partial charge in [-0.05, 0) is 17.7 Å². The van der Waals surface area contributed by atoms with Crippen LogP contribution in [0.1, 0.15) is 5.56 Å². The third-order valence-electron chi connectivity index (χ3n) is 1.70. The van der Waals surface area contributed by atoms with Crippen LogP contribution in [0.2, 0.25) is 0 Å². The number of nitrogens with zero attached hydrogens (tertiary/aromatic N) is 1. The summed E-state index contributed by atoms with van der Waals surface area (Å²) in [4.78, 5) is 9.00. The summed E-state index contributed by atoms with van der Waals surface area (Å²) in [5.41, 5.74) is -1.52. The second-order valence-corrected chi connectivity index (χ2v) is 3.75. The minimum Gasteiger partial charge on any atom is -0.259 e. The lowest BCUT2D eigenvalue weighted by Gasteiger charge is -2.09. The summed E-state index contributed by atoms with van der Waals surface area (Å²) in [5, 5.41) is 10.1. The lowest BCUT2D eigenvalue weighted by molar-refractivity contribution is -0.402. The average molecular weight is 296 g/mol. The van der Waals surface area contributed by atoms with Crippen molar-refractivity contribution in [2.45, 2.75) is 6.18 Å². The second-order valence-electron chi connectivity index (χ2n) is 2.83. The molecular formula is C9H5BrF3NO2. The Balaban J connectivity index is 3.23. The van der Waals surface area contributed by atoms with E-state index in [4.69, 9.17) is 0 Å². The Morgan fingerprint density at radius 1 is 1.31 bits per heavy atom. The predicted molar refractivity (Wildman–Crippen MR) is 55.2 cm³/mol. The molecule has 1 aromatic carbocycles. The van der Waals surface area contributed by atoms with Gasteiger partial charge in [0, 0.05) is 4.47 Å². The van der Waals surface area contributed by atoms with Crippen molar-refractivity contribution < 1.29 is 18.1 Å². The van der Waals surface area contributed by atoms with Gasteiger partial charge in [0.25, 0.3) is 0 Å². The van der Waals surface area contributed by atoms with Crippen LogP contribution in [0, 0.1) is 10.1 Å². The fraction of sp³-hybridized carbons (Fsp3) is 0.111. The maximum Gasteiger partial charge on any atom is 0.422 e. The molecule has 0 amide bonds. The molecule has 0 N–H and O–H groups in total. The number of nitro groups is 1. The summed E-state index contributed by atoms with van der Waals surface area (Å²) in [6, 6.07) is 5.09. The van der Waals surface area contributed by atoms with E-state index >= 15 is 0 Å². The molecule has 1 rings (SSSR count). The lowest BCUT2D eigenvalue weighted by Crippen LogP contribution is -2.12. The minimum atomic E-state index is -4.75. The SMILES string of the molecule is O=[N+]([O-])/C=C(\c1ccc(Br)cc1)C(F)(F)F. The second kappa shape index (κ2) is 4.65. The summed E-state index contributed by atoms with van der Waals surface area (Å²) in [7, 11) is 0. The van der Waals surface area contributed by atoms with Crippen molar-refractivity contribution in [1.29, 1.82) is 0 Å². The Bertz CT molecular complexity index is 425. The van der Waals surface area contributed by atoms with Crippen molar-refractivity contribution in [3.05, 3.63) is 50.6 Å². The van der Waals surface area contributed by atoms with Crippen molar-refractivity contribution in [2.24, 2.45) is 0 Å². The first kappa shape index (κ1) is 12.7. The van der Waals surface area contributed by atoms with Crippen LogP contribution < -0.4 is 0 Å². The Hall–Kier alpha value is -1.37. The summed E-state index contributed by atoms with van der Waals surface area (Å²) in [6.45, 7) is 0. The molecule has 3 nitrogen and oxygen atoms in total. The van der Waals surface area contributed by atoms with Gasteiger partial charge in [-0.2, -0.15) is 13.2 Å². The van der Waals surface area contributed by atoms with Crippen LogP contribution in [0.4, 0.5) is 13.2 Å². The zero-order valence-corrected chi connectivity index (χ0v) is 9.25. The summed E-state index contributed by atoms with van der Waals surface area (Å²) in [6.07, 6.45) is -4.79. The molecule has 0 bridgehead atoms. The third kappa shape index (κ3) is 3.34. The monoisotopic (exact) mass is 295 g/mol. The van der Waals surface area contributed by atoms with Gasteiger partial charge >= 0.3 is 6.18 Å². The van der Waals surface area contributed by atoms with Crippen LogP contribution in [-0.2, 0) is 0 Å². The average Bonchev–Trinajstić information content (AvgIpc) is 2.14. The molecular weight excluding hydrogens is 291 g/mol. The predicted octanol–water partition coefficient (Wildman–Crippen LogP) is 3.63. The summed E-state index contributed by atoms with van der Waals surface area (Å²) >= 11 is 3.06. The molecule has 0 saturated carbocycles. The zero-order valence-electron chi connectivity index (χ0n) is 7.66. The number of benzene rings is 1. The molecule has 16 heavy (non-hydrogen) atoms. The van der Waals surface area contributed by atoms with Crippen molar-refractivity contribution >= 4 is 21.5 Å². The highest BCUT2D eigenvalue weighted by Crippen LogP contribution is 2.34. The van der Waals surface area contributed by atoms with Crippen molar-refractivity contribution in [2.75, 3.05) is 0 Å². The van der Waals surface area contributed by atoms with Crippen molar-refractivity contribution in [3.63, 3.8) is 0 Å². The zero-order chi connectivity index (χ0) is 12.3. The first-order chi connectivity index (χ1) is 7.30. The van der Waals surface area contributed by atoms with Gasteiger partial charge in [-0.25, -0.2) is 0 Å². The largest absolute Gasteiger partial charge is 0.422 e. The number of alkyl halides is 3. The molecule has 86 valence electrons. The minimum absolute atomic E-state index is 0.0385. The van der Waals surface area contributed by atoms with Crippen LogP contribution in [0.5, 0.6) is 0 Å². The Morgan fingerprint density at radius 2 is 1.81 bits per heavy atom. The number of rotatable bonds is 2. The number of allylic oxidation sites excluding steroid dienone is 1. The van der Waals surface area contributed by atoms with Crippen LogP contribution >= 0.6 is 15.9 Å². The maximum atomic E-state index is 12.5. The van der Waals surface area contributed by atoms with Gasteiger partial charge < -0.3 is 0 Å². The van der Waals surface area contributed by atoms with Gasteiger partial charge in [-0.15, -0.1) is 0 Å². The highest BCUT2D eigenvalue weighted by atomic mass is 79.9. The van der Waals surface area contributed by atoms with Crippen LogP contribution in [-0.4, -0.2) is 11.1 Å². The van der Waals surface area contributed by atoms with Gasteiger partial charge in [-0.3, -0.25) is 10.1 Å². The molecule has 0 spiro atoms. The first-order valence-corrected chi connectivity index (χ1v) is 4.78. The quantitative estimate of drug-likeness (QED) is 0.618. The fourth-order valence-corrected chi connectivity index (χ4v) is 1.31. The lowest BCUT2D eigenvalue weighted by atomic mass is 10.1. The van der Waals surface area contributed by atoms with E-state index in [9.17, 15) is 23.3 Å². The molecule has 0 saturated heterocycles. The van der Waals surface area contributed by atoms with E-state index in [2.05, 4.69) is 15.9 Å². The van der Waals surface area contributed by atoms with E-state index in [0.717, 1.165) is 12.1 Å². The molecule has 0 aliphatic carbocycles. The molecule has 0 heterocycles. The molecule has 0 unspecified atom stereocenters. The van der Waals surface area contributed by atoms with Gasteiger partial charge in [0.05, 0.1) is 4.92 Å². The number of halogens is 4. The Kier molecular flexibility index (Phi) is 3.69. The van der Waals surface area contributed by atoms with Crippen LogP contribution in [0.15, 0.2) is 34.9 Å². The smallest absolute Gasteiger partial charge is 0.259 e. The fourth-order valence-electron chi connectivity index (χ4n) is 1.05. The van der Waals surface area contributed by atoms with E-state index in [1.807, 2.05) is 0 Å². The van der Waals surface area contributed by atoms with Gasteiger partial charge in [0.1, 0.15) is 5.57 Å². The molecule has 0 radical (unpaired) electrons. The van der Waals surface area contributed by atoms with Crippen LogP contribution in [0.25, 0.3) is 5.57 Å². The Labute approximate surface area is 96.9 Å². The first-order valence-electron chi connectivity index (χ1n) is 3.99. The number of hydrogen-bond donors (Lipinski definition) is 0. The standard InChI is InChI=1S/C9H5BrF3NO2/c10-7-3-1-6(2-4-7)8(5-14(15)16)9(11,12)13/h1-5H/b8-5+. The molecule has 0 aliphatic heterocycles. The molecule has 1 aromatic rings. The summed E-state index contributed by atoms with van der Waals surface area (Å²) < 4.78 is 38.0. The van der Waals surface area contributed by atoms with E-state index < -0.39 is 16.7 Å². The van der Waals surface area contributed by atoms with E-state index in [0.29, 0.717) is 4.47 Å². The van der Waals surface area contributed by atoms with Gasteiger partial charge in [0.15, 0.2) is 0 Å². The van der Waals surface area contributed by atoms with Crippen molar-refractivity contribution in [1.82, 2.24) is 0 Å². The number of hydrogen-bond acceptors (Lipinski definition) is 2. The van der Waals surface area contributed by atoms with E-state index in [1.165, 1.54) is 12.1 Å². The maximum absolute atomic E-state index is 12.5. The highest BCUT2D eigenvalue weighted by Gasteiger charge is 2.37. The molecule has 0 aromatic heterocycles. The third-order valence-corrected chi connectivity index (χ3v) is 2.22. The van der Waals surface area contributed by atoms with Crippen molar-refractivity contribution in [3.8, 4) is 0 Å². The Morgan fingerprint density at radius 3 is 2.19 bits per heavy atom.